The van der Waals surface area contributed by atoms with Crippen LogP contribution < -0.4 is 4.72 Å². The van der Waals surface area contributed by atoms with Gasteiger partial charge in [-0.1, -0.05) is 18.9 Å². The van der Waals surface area contributed by atoms with E-state index >= 15 is 0 Å². The van der Waals surface area contributed by atoms with Crippen molar-refractivity contribution in [2.24, 2.45) is 5.92 Å². The molecule has 6 heteroatoms. The van der Waals surface area contributed by atoms with E-state index in [0.717, 1.165) is 25.7 Å². The summed E-state index contributed by atoms with van der Waals surface area (Å²) in [5.74, 6) is 0.0542. The molecule has 1 fully saturated rings. The molecular weight excluding hydrogens is 258 g/mol. The third-order valence-electron chi connectivity index (χ3n) is 3.21. The number of rotatable bonds is 4. The Morgan fingerprint density at radius 2 is 2.18 bits per heavy atom. The second-order valence-electron chi connectivity index (χ2n) is 4.39. The maximum absolute atomic E-state index is 12.0. The van der Waals surface area contributed by atoms with Crippen LogP contribution in [0.4, 0.5) is 0 Å². The Kier molecular flexibility index (Phi) is 4.19. The minimum atomic E-state index is -3.40. The Labute approximate surface area is 106 Å². The number of sulfonamides is 1. The monoisotopic (exact) mass is 275 g/mol. The van der Waals surface area contributed by atoms with Gasteiger partial charge in [-0.2, -0.15) is 0 Å². The quantitative estimate of drug-likeness (QED) is 0.876. The molecule has 1 aromatic heterocycles. The largest absolute Gasteiger partial charge is 0.396 e. The molecule has 1 aromatic rings. The van der Waals surface area contributed by atoms with Crippen LogP contribution in [0.5, 0.6) is 0 Å². The summed E-state index contributed by atoms with van der Waals surface area (Å²) < 4.78 is 27.1. The molecule has 96 valence electrons. The number of thiophene rings is 1. The van der Waals surface area contributed by atoms with E-state index in [0.29, 0.717) is 4.21 Å². The van der Waals surface area contributed by atoms with Gasteiger partial charge in [0.25, 0.3) is 0 Å². The van der Waals surface area contributed by atoms with Crippen LogP contribution in [0.2, 0.25) is 0 Å². The van der Waals surface area contributed by atoms with E-state index in [1.54, 1.807) is 17.5 Å². The van der Waals surface area contributed by atoms with Gasteiger partial charge in [-0.25, -0.2) is 13.1 Å². The highest BCUT2D eigenvalue weighted by atomic mass is 32.2. The van der Waals surface area contributed by atoms with Crippen molar-refractivity contribution >= 4 is 21.4 Å². The normalized spacial score (nSPS) is 25.9. The standard InChI is InChI=1S/C11H17NO3S2/c13-8-9-4-1-2-5-10(9)12-17(14,15)11-6-3-7-16-11/h3,6-7,9-10,12-13H,1-2,4-5,8H2. The number of aliphatic hydroxyl groups excluding tert-OH is 1. The summed E-state index contributed by atoms with van der Waals surface area (Å²) in [7, 11) is -3.40. The van der Waals surface area contributed by atoms with E-state index in [1.165, 1.54) is 11.3 Å². The zero-order valence-corrected chi connectivity index (χ0v) is 11.1. The SMILES string of the molecule is O=S(=O)(NC1CCCCC1CO)c1cccs1. The van der Waals surface area contributed by atoms with Crippen molar-refractivity contribution < 1.29 is 13.5 Å². The fourth-order valence-electron chi connectivity index (χ4n) is 2.26. The Morgan fingerprint density at radius 1 is 1.41 bits per heavy atom. The van der Waals surface area contributed by atoms with Gasteiger partial charge in [0, 0.05) is 12.6 Å². The van der Waals surface area contributed by atoms with Gasteiger partial charge >= 0.3 is 0 Å². The van der Waals surface area contributed by atoms with Gasteiger partial charge in [0.2, 0.25) is 10.0 Å². The lowest BCUT2D eigenvalue weighted by Crippen LogP contribution is -2.43. The number of aliphatic hydroxyl groups is 1. The van der Waals surface area contributed by atoms with Gasteiger partial charge in [-0.05, 0) is 30.2 Å². The van der Waals surface area contributed by atoms with Gasteiger partial charge in [0.1, 0.15) is 4.21 Å². The molecule has 0 saturated heterocycles. The molecule has 4 nitrogen and oxygen atoms in total. The van der Waals surface area contributed by atoms with Crippen molar-refractivity contribution in [2.75, 3.05) is 6.61 Å². The minimum Gasteiger partial charge on any atom is -0.396 e. The highest BCUT2D eigenvalue weighted by Crippen LogP contribution is 2.26. The molecule has 2 rings (SSSR count). The summed E-state index contributed by atoms with van der Waals surface area (Å²) in [6.45, 7) is 0.0532. The second kappa shape index (κ2) is 5.48. The summed E-state index contributed by atoms with van der Waals surface area (Å²) >= 11 is 1.21. The lowest BCUT2D eigenvalue weighted by molar-refractivity contribution is 0.164. The highest BCUT2D eigenvalue weighted by Gasteiger charge is 2.29. The van der Waals surface area contributed by atoms with Crippen LogP contribution in [0.1, 0.15) is 25.7 Å². The zero-order valence-electron chi connectivity index (χ0n) is 9.50. The number of hydrogen-bond acceptors (Lipinski definition) is 4. The topological polar surface area (TPSA) is 66.4 Å². The van der Waals surface area contributed by atoms with E-state index in [1.807, 2.05) is 0 Å². The van der Waals surface area contributed by atoms with Gasteiger partial charge in [-0.3, -0.25) is 0 Å². The fraction of sp³-hybridized carbons (Fsp3) is 0.636. The lowest BCUT2D eigenvalue weighted by Gasteiger charge is -2.30. The van der Waals surface area contributed by atoms with Crippen LogP contribution in [-0.2, 0) is 10.0 Å². The van der Waals surface area contributed by atoms with Crippen LogP contribution in [0.3, 0.4) is 0 Å². The van der Waals surface area contributed by atoms with E-state index in [9.17, 15) is 13.5 Å². The van der Waals surface area contributed by atoms with E-state index in [2.05, 4.69) is 4.72 Å². The molecule has 1 aliphatic rings. The fourth-order valence-corrected chi connectivity index (χ4v) is 4.60. The summed E-state index contributed by atoms with van der Waals surface area (Å²) in [5, 5.41) is 11.0. The number of nitrogens with one attached hydrogen (secondary N) is 1. The van der Waals surface area contributed by atoms with Crippen LogP contribution in [0.25, 0.3) is 0 Å². The Hall–Kier alpha value is -0.430. The summed E-state index contributed by atoms with van der Waals surface area (Å²) in [4.78, 5) is 0. The van der Waals surface area contributed by atoms with Crippen molar-refractivity contribution in [3.05, 3.63) is 17.5 Å². The van der Waals surface area contributed by atoms with Crippen LogP contribution in [-0.4, -0.2) is 26.2 Å². The average molecular weight is 275 g/mol. The smallest absolute Gasteiger partial charge is 0.250 e. The molecule has 17 heavy (non-hydrogen) atoms. The van der Waals surface area contributed by atoms with Crippen molar-refractivity contribution in [2.45, 2.75) is 35.9 Å². The summed E-state index contributed by atoms with van der Waals surface area (Å²) in [5.41, 5.74) is 0. The van der Waals surface area contributed by atoms with Crippen LogP contribution in [0, 0.1) is 5.92 Å². The Morgan fingerprint density at radius 3 is 2.82 bits per heavy atom. The average Bonchev–Trinajstić information content (AvgIpc) is 2.83. The van der Waals surface area contributed by atoms with Crippen LogP contribution in [0.15, 0.2) is 21.7 Å². The van der Waals surface area contributed by atoms with Crippen molar-refractivity contribution in [3.8, 4) is 0 Å². The molecule has 0 aliphatic heterocycles. The Balaban J connectivity index is 2.09. The lowest BCUT2D eigenvalue weighted by atomic mass is 9.86. The Bertz CT molecular complexity index is 441. The summed E-state index contributed by atoms with van der Waals surface area (Å²) in [6.07, 6.45) is 3.81. The van der Waals surface area contributed by atoms with Gasteiger partial charge in [0.05, 0.1) is 0 Å². The third kappa shape index (κ3) is 3.07. The molecule has 0 spiro atoms. The first kappa shape index (κ1) is 13.0. The van der Waals surface area contributed by atoms with Crippen molar-refractivity contribution in [3.63, 3.8) is 0 Å². The minimum absolute atomic E-state index is 0.0532. The molecule has 0 radical (unpaired) electrons. The molecule has 2 atom stereocenters. The molecule has 1 heterocycles. The zero-order chi connectivity index (χ0) is 12.3. The first-order chi connectivity index (χ1) is 8.13. The molecule has 2 unspecified atom stereocenters. The maximum Gasteiger partial charge on any atom is 0.250 e. The highest BCUT2D eigenvalue weighted by molar-refractivity contribution is 7.91. The molecular formula is C11H17NO3S2. The molecule has 1 aliphatic carbocycles. The maximum atomic E-state index is 12.0. The van der Waals surface area contributed by atoms with Crippen LogP contribution >= 0.6 is 11.3 Å². The molecule has 2 N–H and O–H groups in total. The van der Waals surface area contributed by atoms with Crippen molar-refractivity contribution in [1.82, 2.24) is 4.72 Å². The molecule has 0 bridgehead atoms. The third-order valence-corrected chi connectivity index (χ3v) is 6.10. The van der Waals surface area contributed by atoms with Gasteiger partial charge in [0.15, 0.2) is 0 Å². The number of hydrogen-bond donors (Lipinski definition) is 2. The van der Waals surface area contributed by atoms with E-state index in [-0.39, 0.29) is 18.6 Å². The first-order valence-electron chi connectivity index (χ1n) is 5.80. The summed E-state index contributed by atoms with van der Waals surface area (Å²) in [6, 6.07) is 3.20. The predicted octanol–water partition coefficient (Wildman–Crippen LogP) is 1.58. The van der Waals surface area contributed by atoms with Gasteiger partial charge < -0.3 is 5.11 Å². The predicted molar refractivity (Wildman–Crippen MR) is 67.5 cm³/mol. The van der Waals surface area contributed by atoms with E-state index < -0.39 is 10.0 Å². The second-order valence-corrected chi connectivity index (χ2v) is 7.28. The van der Waals surface area contributed by atoms with Gasteiger partial charge in [-0.15, -0.1) is 11.3 Å². The molecule has 0 aromatic carbocycles. The van der Waals surface area contributed by atoms with Crippen molar-refractivity contribution in [1.29, 1.82) is 0 Å². The van der Waals surface area contributed by atoms with E-state index in [4.69, 9.17) is 0 Å². The molecule has 0 amide bonds. The first-order valence-corrected chi connectivity index (χ1v) is 8.16. The molecule has 1 saturated carbocycles.